The van der Waals surface area contributed by atoms with E-state index in [1.54, 1.807) is 26.0 Å². The fourth-order valence-electron chi connectivity index (χ4n) is 2.13. The number of ether oxygens (including phenoxy) is 2. The monoisotopic (exact) mass is 396 g/mol. The van der Waals surface area contributed by atoms with Gasteiger partial charge in [0.25, 0.3) is 5.91 Å². The van der Waals surface area contributed by atoms with E-state index in [0.717, 1.165) is 0 Å². The molecular weight excluding hydrogens is 372 g/mol. The van der Waals surface area contributed by atoms with Gasteiger partial charge in [0.2, 0.25) is 5.91 Å². The van der Waals surface area contributed by atoms with Crippen molar-refractivity contribution >= 4 is 42.1 Å². The van der Waals surface area contributed by atoms with Crippen LogP contribution in [-0.2, 0) is 23.9 Å². The van der Waals surface area contributed by atoms with E-state index in [9.17, 15) is 19.2 Å². The van der Waals surface area contributed by atoms with Crippen LogP contribution in [0.2, 0.25) is 0 Å². The molecule has 1 atom stereocenters. The van der Waals surface area contributed by atoms with Crippen LogP contribution in [0.1, 0.15) is 37.0 Å². The number of hydrogen-bond acceptors (Lipinski definition) is 7. The van der Waals surface area contributed by atoms with Crippen molar-refractivity contribution in [3.05, 3.63) is 29.8 Å². The summed E-state index contributed by atoms with van der Waals surface area (Å²) in [6.45, 7) is 3.74. The molecule has 1 rings (SSSR count). The van der Waals surface area contributed by atoms with Crippen molar-refractivity contribution in [2.75, 3.05) is 24.3 Å². The molecule has 0 aliphatic carbocycles. The summed E-state index contributed by atoms with van der Waals surface area (Å²) in [7, 11) is 0. The second-order valence-electron chi connectivity index (χ2n) is 5.41. The Labute approximate surface area is 163 Å². The van der Waals surface area contributed by atoms with E-state index >= 15 is 0 Å². The predicted octanol–water partition coefficient (Wildman–Crippen LogP) is 1.56. The smallest absolute Gasteiger partial charge is 0.328 e. The maximum atomic E-state index is 12.4. The summed E-state index contributed by atoms with van der Waals surface area (Å²) >= 11 is 3.87. The quantitative estimate of drug-likeness (QED) is 0.409. The van der Waals surface area contributed by atoms with Crippen LogP contribution in [0.5, 0.6) is 0 Å². The van der Waals surface area contributed by atoms with Crippen LogP contribution in [0.4, 0.5) is 5.69 Å². The third-order valence-corrected chi connectivity index (χ3v) is 3.68. The molecule has 0 aliphatic heterocycles. The molecule has 0 saturated heterocycles. The molecule has 0 bridgehead atoms. The highest BCUT2D eigenvalue weighted by molar-refractivity contribution is 7.81. The van der Waals surface area contributed by atoms with Gasteiger partial charge in [-0.15, -0.1) is 0 Å². The molecule has 9 heteroatoms. The summed E-state index contributed by atoms with van der Waals surface area (Å²) in [4.78, 5) is 47.2. The Hall–Kier alpha value is -2.55. The van der Waals surface area contributed by atoms with E-state index in [1.807, 2.05) is 0 Å². The summed E-state index contributed by atoms with van der Waals surface area (Å²) in [6, 6.07) is 5.18. The van der Waals surface area contributed by atoms with Crippen molar-refractivity contribution < 1.29 is 28.7 Å². The van der Waals surface area contributed by atoms with Gasteiger partial charge in [-0.05, 0) is 44.5 Å². The van der Waals surface area contributed by atoms with Crippen molar-refractivity contribution in [1.82, 2.24) is 5.32 Å². The maximum Gasteiger partial charge on any atom is 0.328 e. The number of thiol groups is 1. The Kier molecular flexibility index (Phi) is 9.95. The molecule has 8 nitrogen and oxygen atoms in total. The second kappa shape index (κ2) is 11.9. The second-order valence-corrected chi connectivity index (χ2v) is 5.72. The Morgan fingerprint density at radius 2 is 1.67 bits per heavy atom. The fraction of sp³-hybridized carbons (Fsp3) is 0.444. The van der Waals surface area contributed by atoms with Crippen molar-refractivity contribution in [3.8, 4) is 0 Å². The van der Waals surface area contributed by atoms with Crippen LogP contribution in [0, 0.1) is 0 Å². The van der Waals surface area contributed by atoms with E-state index in [4.69, 9.17) is 9.47 Å². The number of benzene rings is 1. The Bertz CT molecular complexity index is 662. The topological polar surface area (TPSA) is 111 Å². The van der Waals surface area contributed by atoms with Gasteiger partial charge in [0.15, 0.2) is 0 Å². The van der Waals surface area contributed by atoms with Gasteiger partial charge in [0.05, 0.1) is 19.0 Å². The van der Waals surface area contributed by atoms with Crippen LogP contribution < -0.4 is 10.6 Å². The van der Waals surface area contributed by atoms with Crippen molar-refractivity contribution in [2.45, 2.75) is 32.7 Å². The van der Waals surface area contributed by atoms with Crippen molar-refractivity contribution in [2.24, 2.45) is 0 Å². The van der Waals surface area contributed by atoms with Gasteiger partial charge >= 0.3 is 11.9 Å². The van der Waals surface area contributed by atoms with Gasteiger partial charge in [-0.3, -0.25) is 14.4 Å². The van der Waals surface area contributed by atoms with Gasteiger partial charge in [0, 0.05) is 17.7 Å². The molecule has 2 N–H and O–H groups in total. The number of carbonyl (C=O) groups is 4. The molecule has 1 aromatic rings. The average Bonchev–Trinajstić information content (AvgIpc) is 2.65. The minimum absolute atomic E-state index is 0.0215. The number of rotatable bonds is 10. The zero-order chi connectivity index (χ0) is 20.2. The van der Waals surface area contributed by atoms with Crippen molar-refractivity contribution in [1.29, 1.82) is 0 Å². The van der Waals surface area contributed by atoms with Gasteiger partial charge in [-0.25, -0.2) is 4.79 Å². The maximum absolute atomic E-state index is 12.4. The van der Waals surface area contributed by atoms with Crippen LogP contribution in [0.3, 0.4) is 0 Å². The Morgan fingerprint density at radius 3 is 2.22 bits per heavy atom. The van der Waals surface area contributed by atoms with E-state index in [2.05, 4.69) is 23.3 Å². The number of hydrogen-bond donors (Lipinski definition) is 3. The van der Waals surface area contributed by atoms with Gasteiger partial charge in [-0.2, -0.15) is 12.6 Å². The predicted molar refractivity (Wildman–Crippen MR) is 103 cm³/mol. The minimum atomic E-state index is -0.967. The first-order valence-electron chi connectivity index (χ1n) is 8.55. The van der Waals surface area contributed by atoms with Crippen LogP contribution in [0.25, 0.3) is 0 Å². The minimum Gasteiger partial charge on any atom is -0.466 e. The summed E-state index contributed by atoms with van der Waals surface area (Å²) in [6.07, 6.45) is 0.0474. The van der Waals surface area contributed by atoms with Gasteiger partial charge < -0.3 is 20.1 Å². The van der Waals surface area contributed by atoms with Gasteiger partial charge in [-0.1, -0.05) is 0 Å². The van der Waals surface area contributed by atoms with E-state index in [-0.39, 0.29) is 37.7 Å². The zero-order valence-corrected chi connectivity index (χ0v) is 16.2. The van der Waals surface area contributed by atoms with E-state index < -0.39 is 23.9 Å². The number of esters is 2. The molecule has 1 aromatic carbocycles. The van der Waals surface area contributed by atoms with Crippen LogP contribution >= 0.6 is 12.6 Å². The van der Waals surface area contributed by atoms with Crippen LogP contribution in [0.15, 0.2) is 24.3 Å². The number of anilines is 1. The molecule has 0 aromatic heterocycles. The van der Waals surface area contributed by atoms with E-state index in [1.165, 1.54) is 12.1 Å². The van der Waals surface area contributed by atoms with Gasteiger partial charge in [0.1, 0.15) is 6.04 Å². The van der Waals surface area contributed by atoms with Crippen molar-refractivity contribution in [3.63, 3.8) is 0 Å². The molecule has 0 aliphatic rings. The summed E-state index contributed by atoms with van der Waals surface area (Å²) < 4.78 is 9.78. The molecule has 2 amide bonds. The molecular formula is C18H24N2O6S. The summed E-state index contributed by atoms with van der Waals surface area (Å²) in [5, 5.41) is 5.17. The first kappa shape index (κ1) is 22.5. The van der Waals surface area contributed by atoms with Crippen LogP contribution in [-0.4, -0.2) is 48.8 Å². The molecule has 0 spiro atoms. The standard InChI is InChI=1S/C18H24N2O6S/c1-3-25-16(22)10-9-14(18(24)26-4-2)20-17(23)12-5-7-13(8-6-12)19-15(21)11-27/h5-8,14,27H,3-4,9-11H2,1-2H3,(H,19,21)(H,20,23)/t14-/m1/s1. The molecule has 0 radical (unpaired) electrons. The zero-order valence-electron chi connectivity index (χ0n) is 15.3. The number of carbonyl (C=O) groups excluding carboxylic acids is 4. The highest BCUT2D eigenvalue weighted by Crippen LogP contribution is 2.11. The number of nitrogens with one attached hydrogen (secondary N) is 2. The molecule has 0 fully saturated rings. The first-order valence-corrected chi connectivity index (χ1v) is 9.18. The summed E-state index contributed by atoms with van der Waals surface area (Å²) in [5.41, 5.74) is 0.819. The lowest BCUT2D eigenvalue weighted by molar-refractivity contribution is -0.146. The highest BCUT2D eigenvalue weighted by atomic mass is 32.1. The highest BCUT2D eigenvalue weighted by Gasteiger charge is 2.24. The lowest BCUT2D eigenvalue weighted by atomic mass is 10.1. The molecule has 0 saturated carbocycles. The molecule has 27 heavy (non-hydrogen) atoms. The molecule has 0 unspecified atom stereocenters. The Morgan fingerprint density at radius 1 is 1.04 bits per heavy atom. The average molecular weight is 396 g/mol. The third kappa shape index (κ3) is 8.12. The normalized spacial score (nSPS) is 11.2. The SMILES string of the molecule is CCOC(=O)CC[C@@H](NC(=O)c1ccc(NC(=O)CS)cc1)C(=O)OCC. The summed E-state index contributed by atoms with van der Waals surface area (Å²) in [5.74, 6) is -1.79. The molecule has 148 valence electrons. The Balaban J connectivity index is 2.75. The third-order valence-electron chi connectivity index (χ3n) is 3.39. The first-order chi connectivity index (χ1) is 12.9. The van der Waals surface area contributed by atoms with E-state index in [0.29, 0.717) is 11.3 Å². The lowest BCUT2D eigenvalue weighted by Gasteiger charge is -2.17. The lowest BCUT2D eigenvalue weighted by Crippen LogP contribution is -2.42. The largest absolute Gasteiger partial charge is 0.466 e. The molecule has 0 heterocycles. The number of amides is 2. The fourth-order valence-corrected chi connectivity index (χ4v) is 2.21.